The van der Waals surface area contributed by atoms with Crippen LogP contribution in [0.2, 0.25) is 0 Å². The van der Waals surface area contributed by atoms with Gasteiger partial charge in [0, 0.05) is 5.69 Å². The second-order valence-corrected chi connectivity index (χ2v) is 6.09. The van der Waals surface area contributed by atoms with E-state index in [1.54, 1.807) is 0 Å². The summed E-state index contributed by atoms with van der Waals surface area (Å²) in [5, 5.41) is 3.03. The summed E-state index contributed by atoms with van der Waals surface area (Å²) in [5.74, 6) is 0.619. The van der Waals surface area contributed by atoms with Crippen LogP contribution in [-0.4, -0.2) is 12.0 Å². The van der Waals surface area contributed by atoms with Gasteiger partial charge in [-0.2, -0.15) is 0 Å². The highest BCUT2D eigenvalue weighted by Crippen LogP contribution is 2.23. The van der Waals surface area contributed by atoms with Gasteiger partial charge in [-0.25, -0.2) is 0 Å². The molecule has 0 bridgehead atoms. The molecule has 1 amide bonds. The second-order valence-electron chi connectivity index (χ2n) is 6.09. The lowest BCUT2D eigenvalue weighted by Crippen LogP contribution is -2.32. The summed E-state index contributed by atoms with van der Waals surface area (Å²) in [5.41, 5.74) is 5.33. The van der Waals surface area contributed by atoms with Gasteiger partial charge in [-0.3, -0.25) is 4.79 Å². The van der Waals surface area contributed by atoms with Crippen molar-refractivity contribution in [2.45, 2.75) is 47.1 Å². The largest absolute Gasteiger partial charge is 0.481 e. The van der Waals surface area contributed by atoms with E-state index in [-0.39, 0.29) is 5.91 Å². The molecule has 0 aliphatic rings. The van der Waals surface area contributed by atoms with Gasteiger partial charge >= 0.3 is 0 Å². The zero-order valence-corrected chi connectivity index (χ0v) is 14.6. The Morgan fingerprint density at radius 2 is 1.70 bits per heavy atom. The molecule has 2 aromatic carbocycles. The number of ether oxygens (including phenoxy) is 1. The van der Waals surface area contributed by atoms with Gasteiger partial charge in [0.1, 0.15) is 5.75 Å². The Hall–Kier alpha value is -2.29. The van der Waals surface area contributed by atoms with Gasteiger partial charge in [0.15, 0.2) is 6.10 Å². The van der Waals surface area contributed by atoms with Gasteiger partial charge in [0.05, 0.1) is 0 Å². The molecule has 0 radical (unpaired) electrons. The maximum atomic E-state index is 12.6. The third-order valence-corrected chi connectivity index (χ3v) is 3.86. The van der Waals surface area contributed by atoms with Crippen LogP contribution in [0.15, 0.2) is 36.4 Å². The summed E-state index contributed by atoms with van der Waals surface area (Å²) in [4.78, 5) is 12.6. The Labute approximate surface area is 138 Å². The van der Waals surface area contributed by atoms with E-state index in [1.165, 1.54) is 5.56 Å². The summed E-state index contributed by atoms with van der Waals surface area (Å²) in [6.45, 7) is 10.0. The highest BCUT2D eigenvalue weighted by Gasteiger charge is 2.20. The monoisotopic (exact) mass is 311 g/mol. The summed E-state index contributed by atoms with van der Waals surface area (Å²) in [7, 11) is 0. The molecule has 0 saturated carbocycles. The van der Waals surface area contributed by atoms with Crippen LogP contribution >= 0.6 is 0 Å². The molecular weight excluding hydrogens is 286 g/mol. The number of aryl methyl sites for hydroxylation is 4. The molecule has 0 aliphatic heterocycles. The van der Waals surface area contributed by atoms with E-state index in [4.69, 9.17) is 4.74 Å². The molecule has 3 nitrogen and oxygen atoms in total. The Kier molecular flexibility index (Phi) is 5.43. The number of benzene rings is 2. The SMILES string of the molecule is CC[C@H](Oc1cccc(C)c1)C(=O)Nc1c(C)cc(C)cc1C. The molecule has 0 saturated heterocycles. The number of anilines is 1. The Balaban J connectivity index is 2.15. The second kappa shape index (κ2) is 7.32. The zero-order chi connectivity index (χ0) is 17.0. The van der Waals surface area contributed by atoms with E-state index < -0.39 is 6.10 Å². The van der Waals surface area contributed by atoms with Crippen molar-refractivity contribution in [2.75, 3.05) is 5.32 Å². The molecule has 1 N–H and O–H groups in total. The van der Waals surface area contributed by atoms with Crippen LogP contribution in [0.5, 0.6) is 5.75 Å². The fourth-order valence-electron chi connectivity index (χ4n) is 2.76. The van der Waals surface area contributed by atoms with Crippen LogP contribution in [-0.2, 0) is 4.79 Å². The molecule has 2 rings (SSSR count). The number of amides is 1. The minimum atomic E-state index is -0.503. The topological polar surface area (TPSA) is 38.3 Å². The first-order valence-electron chi connectivity index (χ1n) is 8.02. The van der Waals surface area contributed by atoms with Crippen molar-refractivity contribution in [3.05, 3.63) is 58.7 Å². The molecule has 0 fully saturated rings. The van der Waals surface area contributed by atoms with Gasteiger partial charge in [0.2, 0.25) is 0 Å². The normalized spacial score (nSPS) is 11.9. The quantitative estimate of drug-likeness (QED) is 0.868. The fraction of sp³-hybridized carbons (Fsp3) is 0.350. The molecule has 2 aromatic rings. The van der Waals surface area contributed by atoms with Gasteiger partial charge in [0.25, 0.3) is 5.91 Å². The lowest BCUT2D eigenvalue weighted by atomic mass is 10.0. The summed E-state index contributed by atoms with van der Waals surface area (Å²) < 4.78 is 5.87. The number of nitrogens with one attached hydrogen (secondary N) is 1. The first-order chi connectivity index (χ1) is 10.9. The number of hydrogen-bond donors (Lipinski definition) is 1. The number of hydrogen-bond acceptors (Lipinski definition) is 2. The molecule has 1 atom stereocenters. The standard InChI is InChI=1S/C20H25NO2/c1-6-18(23-17-9-7-8-13(2)12-17)20(22)21-19-15(4)10-14(3)11-16(19)5/h7-12,18H,6H2,1-5H3,(H,21,22)/t18-/m0/s1. The van der Waals surface area contributed by atoms with E-state index in [0.29, 0.717) is 6.42 Å². The minimum Gasteiger partial charge on any atom is -0.481 e. The average molecular weight is 311 g/mol. The van der Waals surface area contributed by atoms with Gasteiger partial charge in [-0.05, 0) is 62.9 Å². The van der Waals surface area contributed by atoms with E-state index in [9.17, 15) is 4.79 Å². The zero-order valence-electron chi connectivity index (χ0n) is 14.6. The summed E-state index contributed by atoms with van der Waals surface area (Å²) in [6, 6.07) is 11.9. The third-order valence-electron chi connectivity index (χ3n) is 3.86. The van der Waals surface area contributed by atoms with Crippen molar-refractivity contribution in [3.8, 4) is 5.75 Å². The Bertz CT molecular complexity index is 684. The number of carbonyl (C=O) groups excluding carboxylic acids is 1. The van der Waals surface area contributed by atoms with Crippen molar-refractivity contribution < 1.29 is 9.53 Å². The van der Waals surface area contributed by atoms with Gasteiger partial charge in [-0.1, -0.05) is 36.8 Å². The summed E-state index contributed by atoms with van der Waals surface area (Å²) in [6.07, 6.45) is 0.112. The molecule has 3 heteroatoms. The van der Waals surface area contributed by atoms with Crippen LogP contribution in [0, 0.1) is 27.7 Å². The van der Waals surface area contributed by atoms with Crippen molar-refractivity contribution >= 4 is 11.6 Å². The van der Waals surface area contributed by atoms with E-state index in [2.05, 4.69) is 24.4 Å². The first-order valence-corrected chi connectivity index (χ1v) is 8.02. The summed E-state index contributed by atoms with van der Waals surface area (Å²) >= 11 is 0. The van der Waals surface area contributed by atoms with E-state index in [0.717, 1.165) is 28.1 Å². The Morgan fingerprint density at radius 3 is 2.26 bits per heavy atom. The highest BCUT2D eigenvalue weighted by atomic mass is 16.5. The smallest absolute Gasteiger partial charge is 0.265 e. The van der Waals surface area contributed by atoms with E-state index >= 15 is 0 Å². The lowest BCUT2D eigenvalue weighted by molar-refractivity contribution is -0.122. The molecule has 0 aliphatic carbocycles. The van der Waals surface area contributed by atoms with Crippen LogP contribution in [0.25, 0.3) is 0 Å². The van der Waals surface area contributed by atoms with Crippen molar-refractivity contribution in [1.82, 2.24) is 0 Å². The molecule has 122 valence electrons. The molecule has 0 heterocycles. The molecular formula is C20H25NO2. The first kappa shape index (κ1) is 17.1. The van der Waals surface area contributed by atoms with Crippen LogP contribution in [0.4, 0.5) is 5.69 Å². The third kappa shape index (κ3) is 4.35. The van der Waals surface area contributed by atoms with Crippen LogP contribution in [0.3, 0.4) is 0 Å². The Morgan fingerprint density at radius 1 is 1.04 bits per heavy atom. The van der Waals surface area contributed by atoms with E-state index in [1.807, 2.05) is 52.0 Å². The highest BCUT2D eigenvalue weighted by molar-refractivity contribution is 5.95. The maximum Gasteiger partial charge on any atom is 0.265 e. The van der Waals surface area contributed by atoms with Gasteiger partial charge < -0.3 is 10.1 Å². The molecule has 0 aromatic heterocycles. The number of carbonyl (C=O) groups is 1. The molecule has 0 spiro atoms. The van der Waals surface area contributed by atoms with Crippen molar-refractivity contribution in [2.24, 2.45) is 0 Å². The lowest BCUT2D eigenvalue weighted by Gasteiger charge is -2.19. The molecule has 0 unspecified atom stereocenters. The minimum absolute atomic E-state index is 0.107. The molecule has 23 heavy (non-hydrogen) atoms. The number of rotatable bonds is 5. The van der Waals surface area contributed by atoms with Gasteiger partial charge in [-0.15, -0.1) is 0 Å². The maximum absolute atomic E-state index is 12.6. The predicted octanol–water partition coefficient (Wildman–Crippen LogP) is 4.72. The van der Waals surface area contributed by atoms with Crippen LogP contribution < -0.4 is 10.1 Å². The van der Waals surface area contributed by atoms with Crippen LogP contribution in [0.1, 0.15) is 35.6 Å². The average Bonchev–Trinajstić information content (AvgIpc) is 2.48. The van der Waals surface area contributed by atoms with Crippen molar-refractivity contribution in [1.29, 1.82) is 0 Å². The predicted molar refractivity (Wildman–Crippen MR) is 95.2 cm³/mol. The van der Waals surface area contributed by atoms with Crippen molar-refractivity contribution in [3.63, 3.8) is 0 Å². The fourth-order valence-corrected chi connectivity index (χ4v) is 2.76.